The van der Waals surface area contributed by atoms with Crippen LogP contribution in [0, 0.1) is 5.41 Å². The topological polar surface area (TPSA) is 35.2 Å². The highest BCUT2D eigenvalue weighted by atomic mass is 16.6. The van der Waals surface area contributed by atoms with Crippen molar-refractivity contribution in [2.75, 3.05) is 6.61 Å². The fourth-order valence-corrected chi connectivity index (χ4v) is 1.45. The van der Waals surface area contributed by atoms with Crippen LogP contribution in [0.25, 0.3) is 0 Å². The Morgan fingerprint density at radius 3 is 2.33 bits per heavy atom. The van der Waals surface area contributed by atoms with E-state index in [0.29, 0.717) is 5.41 Å². The van der Waals surface area contributed by atoms with Crippen LogP contribution in [0.5, 0.6) is 0 Å². The molecule has 0 saturated heterocycles. The Labute approximate surface area is 56.3 Å². The molecule has 2 nitrogen and oxygen atoms in total. The van der Waals surface area contributed by atoms with Gasteiger partial charge in [-0.1, -0.05) is 13.3 Å². The highest BCUT2D eigenvalue weighted by Crippen LogP contribution is 2.43. The molecule has 0 bridgehead atoms. The smallest absolute Gasteiger partial charge is 0.0735 e. The maximum atomic E-state index is 5.00. The van der Waals surface area contributed by atoms with E-state index in [1.54, 1.807) is 0 Å². The molecule has 0 spiro atoms. The van der Waals surface area contributed by atoms with Gasteiger partial charge in [-0.2, -0.15) is 0 Å². The standard InChI is InChI=1S/C7H15NO/c1-2-7(6-9-8)4-3-5-7/h2-6,8H2,1H3. The molecule has 0 amide bonds. The largest absolute Gasteiger partial charge is 0.304 e. The van der Waals surface area contributed by atoms with Crippen LogP contribution in [-0.2, 0) is 4.84 Å². The summed E-state index contributed by atoms with van der Waals surface area (Å²) in [5.74, 6) is 5.00. The van der Waals surface area contributed by atoms with Crippen molar-refractivity contribution in [1.82, 2.24) is 0 Å². The summed E-state index contributed by atoms with van der Waals surface area (Å²) in [6, 6.07) is 0. The Kier molecular flexibility index (Phi) is 2.09. The first-order chi connectivity index (χ1) is 4.33. The minimum absolute atomic E-state index is 0.467. The van der Waals surface area contributed by atoms with Gasteiger partial charge in [0.2, 0.25) is 0 Å². The number of nitrogens with two attached hydrogens (primary N) is 1. The number of rotatable bonds is 3. The first-order valence-electron chi connectivity index (χ1n) is 3.65. The zero-order valence-corrected chi connectivity index (χ0v) is 6.02. The summed E-state index contributed by atoms with van der Waals surface area (Å²) in [6.07, 6.45) is 5.18. The third-order valence-electron chi connectivity index (χ3n) is 2.55. The second-order valence-corrected chi connectivity index (χ2v) is 3.02. The molecule has 1 rings (SSSR count). The molecule has 0 radical (unpaired) electrons. The molecule has 2 heteroatoms. The van der Waals surface area contributed by atoms with Gasteiger partial charge in [-0.15, -0.1) is 0 Å². The molecule has 54 valence electrons. The highest BCUT2D eigenvalue weighted by Gasteiger charge is 2.34. The van der Waals surface area contributed by atoms with Crippen molar-refractivity contribution in [3.05, 3.63) is 0 Å². The van der Waals surface area contributed by atoms with E-state index in [4.69, 9.17) is 5.90 Å². The average Bonchev–Trinajstić information content (AvgIpc) is 1.79. The van der Waals surface area contributed by atoms with E-state index in [2.05, 4.69) is 11.8 Å². The Bertz CT molecular complexity index is 83.4. The predicted octanol–water partition coefficient (Wildman–Crippen LogP) is 1.46. The fourth-order valence-electron chi connectivity index (χ4n) is 1.45. The molecule has 1 aliphatic rings. The van der Waals surface area contributed by atoms with Gasteiger partial charge in [0.25, 0.3) is 0 Å². The summed E-state index contributed by atoms with van der Waals surface area (Å²) in [5, 5.41) is 0. The molecule has 9 heavy (non-hydrogen) atoms. The van der Waals surface area contributed by atoms with Gasteiger partial charge in [0.1, 0.15) is 0 Å². The number of hydrogen-bond donors (Lipinski definition) is 1. The van der Waals surface area contributed by atoms with Gasteiger partial charge >= 0.3 is 0 Å². The molecule has 2 N–H and O–H groups in total. The summed E-state index contributed by atoms with van der Waals surface area (Å²) in [4.78, 5) is 4.64. The molecule has 0 aromatic heterocycles. The Hall–Kier alpha value is -0.0800. The minimum atomic E-state index is 0.467. The van der Waals surface area contributed by atoms with E-state index in [9.17, 15) is 0 Å². The molecular weight excluding hydrogens is 114 g/mol. The summed E-state index contributed by atoms with van der Waals surface area (Å²) in [6.45, 7) is 2.96. The Morgan fingerprint density at radius 2 is 2.22 bits per heavy atom. The molecular formula is C7H15NO. The minimum Gasteiger partial charge on any atom is -0.304 e. The summed E-state index contributed by atoms with van der Waals surface area (Å²) in [7, 11) is 0. The first kappa shape index (κ1) is 7.03. The SMILES string of the molecule is CCC1(CON)CCC1. The summed E-state index contributed by atoms with van der Waals surface area (Å²) >= 11 is 0. The quantitative estimate of drug-likeness (QED) is 0.585. The summed E-state index contributed by atoms with van der Waals surface area (Å²) < 4.78 is 0. The fraction of sp³-hybridized carbons (Fsp3) is 1.00. The van der Waals surface area contributed by atoms with Gasteiger partial charge in [-0.3, -0.25) is 0 Å². The van der Waals surface area contributed by atoms with Crippen LogP contribution in [0.1, 0.15) is 32.6 Å². The van der Waals surface area contributed by atoms with Crippen molar-refractivity contribution >= 4 is 0 Å². The van der Waals surface area contributed by atoms with Gasteiger partial charge in [-0.05, 0) is 24.7 Å². The van der Waals surface area contributed by atoms with E-state index < -0.39 is 0 Å². The van der Waals surface area contributed by atoms with Crippen molar-refractivity contribution in [2.24, 2.45) is 11.3 Å². The van der Waals surface area contributed by atoms with E-state index in [1.165, 1.54) is 25.7 Å². The predicted molar refractivity (Wildman–Crippen MR) is 36.7 cm³/mol. The van der Waals surface area contributed by atoms with Crippen LogP contribution in [0.2, 0.25) is 0 Å². The van der Waals surface area contributed by atoms with Crippen LogP contribution < -0.4 is 5.90 Å². The third kappa shape index (κ3) is 1.25. The van der Waals surface area contributed by atoms with Gasteiger partial charge in [0, 0.05) is 0 Å². The van der Waals surface area contributed by atoms with E-state index >= 15 is 0 Å². The van der Waals surface area contributed by atoms with Gasteiger partial charge in [0.05, 0.1) is 6.61 Å². The van der Waals surface area contributed by atoms with Gasteiger partial charge < -0.3 is 4.84 Å². The second kappa shape index (κ2) is 2.67. The monoisotopic (exact) mass is 129 g/mol. The molecule has 1 aliphatic carbocycles. The Balaban J connectivity index is 2.28. The van der Waals surface area contributed by atoms with E-state index in [0.717, 1.165) is 6.61 Å². The lowest BCUT2D eigenvalue weighted by molar-refractivity contribution is -0.00973. The zero-order chi connectivity index (χ0) is 6.74. The van der Waals surface area contributed by atoms with Crippen LogP contribution in [0.15, 0.2) is 0 Å². The lowest BCUT2D eigenvalue weighted by Crippen LogP contribution is -2.34. The summed E-state index contributed by atoms with van der Waals surface area (Å²) in [5.41, 5.74) is 0.467. The molecule has 1 fully saturated rings. The van der Waals surface area contributed by atoms with Crippen LogP contribution in [0.4, 0.5) is 0 Å². The first-order valence-corrected chi connectivity index (χ1v) is 3.65. The van der Waals surface area contributed by atoms with Crippen molar-refractivity contribution in [1.29, 1.82) is 0 Å². The zero-order valence-electron chi connectivity index (χ0n) is 6.02. The molecule has 0 atom stereocenters. The molecule has 1 saturated carbocycles. The van der Waals surface area contributed by atoms with Crippen molar-refractivity contribution in [3.63, 3.8) is 0 Å². The average molecular weight is 129 g/mol. The molecule has 0 aromatic rings. The van der Waals surface area contributed by atoms with Crippen molar-refractivity contribution in [3.8, 4) is 0 Å². The van der Waals surface area contributed by atoms with Gasteiger partial charge in [0.15, 0.2) is 0 Å². The van der Waals surface area contributed by atoms with Crippen LogP contribution >= 0.6 is 0 Å². The third-order valence-corrected chi connectivity index (χ3v) is 2.55. The van der Waals surface area contributed by atoms with E-state index in [1.807, 2.05) is 0 Å². The normalized spacial score (nSPS) is 23.3. The lowest BCUT2D eigenvalue weighted by atomic mass is 9.68. The lowest BCUT2D eigenvalue weighted by Gasteiger charge is -2.40. The maximum Gasteiger partial charge on any atom is 0.0735 e. The van der Waals surface area contributed by atoms with Crippen molar-refractivity contribution in [2.45, 2.75) is 32.6 Å². The maximum absolute atomic E-state index is 5.00. The molecule has 0 aliphatic heterocycles. The van der Waals surface area contributed by atoms with Crippen molar-refractivity contribution < 1.29 is 4.84 Å². The van der Waals surface area contributed by atoms with Crippen LogP contribution in [0.3, 0.4) is 0 Å². The number of hydrogen-bond acceptors (Lipinski definition) is 2. The molecule has 0 heterocycles. The Morgan fingerprint density at radius 1 is 1.56 bits per heavy atom. The highest BCUT2D eigenvalue weighted by molar-refractivity contribution is 4.85. The second-order valence-electron chi connectivity index (χ2n) is 3.02. The molecule has 0 unspecified atom stereocenters. The molecule has 0 aromatic carbocycles. The van der Waals surface area contributed by atoms with Gasteiger partial charge in [-0.25, -0.2) is 5.90 Å². The van der Waals surface area contributed by atoms with E-state index in [-0.39, 0.29) is 0 Å². The van der Waals surface area contributed by atoms with Crippen LogP contribution in [-0.4, -0.2) is 6.61 Å².